The van der Waals surface area contributed by atoms with Gasteiger partial charge in [-0.25, -0.2) is 0 Å². The molecule has 0 saturated heterocycles. The van der Waals surface area contributed by atoms with E-state index in [1.807, 2.05) is 22.7 Å². The Morgan fingerprint density at radius 1 is 1.30 bits per heavy atom. The van der Waals surface area contributed by atoms with Gasteiger partial charge in [0.2, 0.25) is 0 Å². The van der Waals surface area contributed by atoms with Crippen LogP contribution in [0.25, 0.3) is 9.40 Å². The fourth-order valence-corrected chi connectivity index (χ4v) is 6.64. The van der Waals surface area contributed by atoms with E-state index in [0.29, 0.717) is 5.41 Å². The Morgan fingerprint density at radius 3 is 2.85 bits per heavy atom. The molecule has 1 unspecified atom stereocenters. The van der Waals surface area contributed by atoms with E-state index >= 15 is 0 Å². The first-order chi connectivity index (χ1) is 9.55. The maximum absolute atomic E-state index is 3.85. The highest BCUT2D eigenvalue weighted by Crippen LogP contribution is 2.61. The minimum Gasteiger partial charge on any atom is -0.309 e. The molecule has 1 nitrogen and oxygen atoms in total. The summed E-state index contributed by atoms with van der Waals surface area (Å²) in [4.78, 5) is 1.50. The summed E-state index contributed by atoms with van der Waals surface area (Å²) in [5.41, 5.74) is 0.600. The van der Waals surface area contributed by atoms with Crippen LogP contribution >= 0.6 is 22.7 Å². The molecule has 3 saturated carbocycles. The van der Waals surface area contributed by atoms with E-state index in [0.717, 1.165) is 30.3 Å². The Hall–Kier alpha value is -0.380. The molecule has 3 aliphatic rings. The third-order valence-corrected chi connectivity index (χ3v) is 8.18. The van der Waals surface area contributed by atoms with Gasteiger partial charge in [0.1, 0.15) is 0 Å². The zero-order valence-electron chi connectivity index (χ0n) is 12.5. The molecule has 3 heteroatoms. The number of hydrogen-bond donors (Lipinski definition) is 1. The third kappa shape index (κ3) is 1.90. The topological polar surface area (TPSA) is 12.0 Å². The standard InChI is InChI=1S/C17H23NS2/c1-10-13-6-11(17(13,2)3)7-14(10)18-9-12-8-16-15(20-12)4-5-19-16/h4-5,8,10-11,13-14,18H,6-7,9H2,1-3H3/t10-,11?,13-,14-/m1/s1. The molecule has 4 atom stereocenters. The number of nitrogens with one attached hydrogen (secondary N) is 1. The average Bonchev–Trinajstić information content (AvgIpc) is 2.97. The normalized spacial score (nSPS) is 35.1. The second kappa shape index (κ2) is 4.56. The number of thiophene rings is 2. The second-order valence-electron chi connectivity index (χ2n) is 7.30. The summed E-state index contributed by atoms with van der Waals surface area (Å²) in [6.45, 7) is 8.48. The van der Waals surface area contributed by atoms with Crippen LogP contribution in [0.4, 0.5) is 0 Å². The van der Waals surface area contributed by atoms with Crippen LogP contribution in [0, 0.1) is 23.2 Å². The quantitative estimate of drug-likeness (QED) is 0.829. The molecule has 20 heavy (non-hydrogen) atoms. The first kappa shape index (κ1) is 13.3. The Bertz CT molecular complexity index is 595. The van der Waals surface area contributed by atoms with Crippen LogP contribution in [0.15, 0.2) is 17.5 Å². The number of hydrogen-bond acceptors (Lipinski definition) is 3. The molecule has 0 aliphatic heterocycles. The summed E-state index contributed by atoms with van der Waals surface area (Å²) in [7, 11) is 0. The van der Waals surface area contributed by atoms with Crippen molar-refractivity contribution < 1.29 is 0 Å². The van der Waals surface area contributed by atoms with Gasteiger partial charge in [0.05, 0.1) is 0 Å². The largest absolute Gasteiger partial charge is 0.309 e. The van der Waals surface area contributed by atoms with Gasteiger partial charge in [-0.2, -0.15) is 0 Å². The van der Waals surface area contributed by atoms with Crippen molar-refractivity contribution in [3.05, 3.63) is 22.4 Å². The first-order valence-electron chi connectivity index (χ1n) is 7.75. The van der Waals surface area contributed by atoms with Crippen molar-refractivity contribution in [1.29, 1.82) is 0 Å². The Kier molecular flexibility index (Phi) is 3.03. The smallest absolute Gasteiger partial charge is 0.0453 e. The Balaban J connectivity index is 1.42. The first-order valence-corrected chi connectivity index (χ1v) is 9.44. The maximum atomic E-state index is 3.85. The Morgan fingerprint density at radius 2 is 2.15 bits per heavy atom. The van der Waals surface area contributed by atoms with Crippen molar-refractivity contribution >= 4 is 32.1 Å². The number of rotatable bonds is 3. The van der Waals surface area contributed by atoms with E-state index in [1.54, 1.807) is 0 Å². The molecule has 2 aromatic heterocycles. The van der Waals surface area contributed by atoms with E-state index in [9.17, 15) is 0 Å². The van der Waals surface area contributed by atoms with E-state index in [1.165, 1.54) is 27.1 Å². The average molecular weight is 306 g/mol. The van der Waals surface area contributed by atoms with Crippen LogP contribution in [-0.2, 0) is 6.54 Å². The zero-order chi connectivity index (χ0) is 13.9. The van der Waals surface area contributed by atoms with E-state index < -0.39 is 0 Å². The second-order valence-corrected chi connectivity index (χ2v) is 9.42. The van der Waals surface area contributed by atoms with Gasteiger partial charge < -0.3 is 5.32 Å². The molecule has 0 radical (unpaired) electrons. The molecule has 2 heterocycles. The summed E-state index contributed by atoms with van der Waals surface area (Å²) in [6.07, 6.45) is 2.85. The molecule has 0 spiro atoms. The van der Waals surface area contributed by atoms with Crippen molar-refractivity contribution in [3.63, 3.8) is 0 Å². The van der Waals surface area contributed by atoms with Gasteiger partial charge in [-0.05, 0) is 53.5 Å². The monoisotopic (exact) mass is 305 g/mol. The fraction of sp³-hybridized carbons (Fsp3) is 0.647. The molecular formula is C17H23NS2. The van der Waals surface area contributed by atoms with Gasteiger partial charge in [0.15, 0.2) is 0 Å². The van der Waals surface area contributed by atoms with Crippen LogP contribution in [0.5, 0.6) is 0 Å². The fourth-order valence-electron chi connectivity index (χ4n) is 4.55. The van der Waals surface area contributed by atoms with E-state index in [-0.39, 0.29) is 0 Å². The van der Waals surface area contributed by atoms with Crippen molar-refractivity contribution in [2.75, 3.05) is 0 Å². The van der Waals surface area contributed by atoms with Crippen LogP contribution < -0.4 is 5.32 Å². The molecule has 1 N–H and O–H groups in total. The molecule has 0 aromatic carbocycles. The van der Waals surface area contributed by atoms with Crippen molar-refractivity contribution in [3.8, 4) is 0 Å². The molecule has 0 amide bonds. The van der Waals surface area contributed by atoms with Gasteiger partial charge in [0.25, 0.3) is 0 Å². The minimum atomic E-state index is 0.600. The summed E-state index contributed by atoms with van der Waals surface area (Å²) in [6, 6.07) is 5.34. The van der Waals surface area contributed by atoms with Crippen LogP contribution in [-0.4, -0.2) is 6.04 Å². The lowest BCUT2D eigenvalue weighted by Gasteiger charge is -2.62. The summed E-state index contributed by atoms with van der Waals surface area (Å²) in [5, 5.41) is 6.04. The van der Waals surface area contributed by atoms with Gasteiger partial charge >= 0.3 is 0 Å². The molecule has 2 aromatic rings. The summed E-state index contributed by atoms with van der Waals surface area (Å²) >= 11 is 3.81. The Labute approximate surface area is 129 Å². The van der Waals surface area contributed by atoms with Gasteiger partial charge in [-0.1, -0.05) is 20.8 Å². The highest BCUT2D eigenvalue weighted by molar-refractivity contribution is 7.26. The van der Waals surface area contributed by atoms with Crippen molar-refractivity contribution in [1.82, 2.24) is 5.32 Å². The molecule has 3 aliphatic carbocycles. The molecule has 5 rings (SSSR count). The molecule has 3 fully saturated rings. The predicted molar refractivity (Wildman–Crippen MR) is 89.5 cm³/mol. The van der Waals surface area contributed by atoms with E-state index in [4.69, 9.17) is 0 Å². The molecule has 108 valence electrons. The van der Waals surface area contributed by atoms with Gasteiger partial charge in [0, 0.05) is 26.9 Å². The maximum Gasteiger partial charge on any atom is 0.0453 e. The SMILES string of the molecule is C[C@@H]1[C@H]2CC(C[C@H]1NCc1cc3sccc3s1)C2(C)C. The lowest BCUT2D eigenvalue weighted by atomic mass is 9.45. The van der Waals surface area contributed by atoms with Crippen molar-refractivity contribution in [2.45, 2.75) is 46.2 Å². The van der Waals surface area contributed by atoms with E-state index in [2.05, 4.69) is 43.6 Å². The lowest BCUT2D eigenvalue weighted by Crippen LogP contribution is -2.59. The van der Waals surface area contributed by atoms with Crippen molar-refractivity contribution in [2.24, 2.45) is 23.2 Å². The highest BCUT2D eigenvalue weighted by Gasteiger charge is 2.55. The molecular weight excluding hydrogens is 282 g/mol. The summed E-state index contributed by atoms with van der Waals surface area (Å²) < 4.78 is 2.90. The minimum absolute atomic E-state index is 0.600. The third-order valence-electron chi connectivity index (χ3n) is 6.08. The van der Waals surface area contributed by atoms with Crippen LogP contribution in [0.1, 0.15) is 38.5 Å². The predicted octanol–water partition coefficient (Wildman–Crippen LogP) is 5.12. The van der Waals surface area contributed by atoms with Crippen LogP contribution in [0.3, 0.4) is 0 Å². The highest BCUT2D eigenvalue weighted by atomic mass is 32.1. The van der Waals surface area contributed by atoms with Gasteiger partial charge in [-0.3, -0.25) is 0 Å². The summed E-state index contributed by atoms with van der Waals surface area (Å²) in [5.74, 6) is 2.72. The lowest BCUT2D eigenvalue weighted by molar-refractivity contribution is -0.115. The zero-order valence-corrected chi connectivity index (χ0v) is 14.1. The van der Waals surface area contributed by atoms with Crippen LogP contribution in [0.2, 0.25) is 0 Å². The molecule has 2 bridgehead atoms. The number of fused-ring (bicyclic) bond motifs is 3. The van der Waals surface area contributed by atoms with Gasteiger partial charge in [-0.15, -0.1) is 22.7 Å².